The summed E-state index contributed by atoms with van der Waals surface area (Å²) in [5.74, 6) is 0.896. The summed E-state index contributed by atoms with van der Waals surface area (Å²) < 4.78 is 5.66. The highest BCUT2D eigenvalue weighted by Crippen LogP contribution is 2.22. The third-order valence-corrected chi connectivity index (χ3v) is 3.26. The van der Waals surface area contributed by atoms with Gasteiger partial charge in [-0.1, -0.05) is 18.2 Å². The van der Waals surface area contributed by atoms with Crippen molar-refractivity contribution < 1.29 is 9.53 Å². The van der Waals surface area contributed by atoms with Crippen LogP contribution in [0.5, 0.6) is 5.75 Å². The highest BCUT2D eigenvalue weighted by Gasteiger charge is 2.22. The van der Waals surface area contributed by atoms with Crippen LogP contribution in [0.3, 0.4) is 0 Å². The number of nitrogens with zero attached hydrogens (tertiary/aromatic N) is 2. The molecule has 0 aliphatic carbocycles. The van der Waals surface area contributed by atoms with E-state index in [1.165, 1.54) is 0 Å². The van der Waals surface area contributed by atoms with Crippen molar-refractivity contribution in [1.29, 1.82) is 0 Å². The first-order chi connectivity index (χ1) is 8.76. The number of urea groups is 1. The van der Waals surface area contributed by atoms with Gasteiger partial charge in [0.25, 0.3) is 0 Å². The first-order valence-electron chi connectivity index (χ1n) is 6.50. The Morgan fingerprint density at radius 1 is 1.33 bits per heavy atom. The Kier molecular flexibility index (Phi) is 4.07. The van der Waals surface area contributed by atoms with Crippen LogP contribution in [0, 0.1) is 0 Å². The van der Waals surface area contributed by atoms with E-state index in [0.29, 0.717) is 19.7 Å². The van der Waals surface area contributed by atoms with Crippen molar-refractivity contribution in [3.63, 3.8) is 0 Å². The monoisotopic (exact) mass is 248 g/mol. The van der Waals surface area contributed by atoms with Crippen LogP contribution in [0.1, 0.15) is 19.4 Å². The van der Waals surface area contributed by atoms with Gasteiger partial charge in [0.05, 0.1) is 13.1 Å². The second-order valence-corrected chi connectivity index (χ2v) is 4.33. The zero-order valence-electron chi connectivity index (χ0n) is 11.1. The Hall–Kier alpha value is -1.71. The van der Waals surface area contributed by atoms with Crippen LogP contribution in [-0.2, 0) is 6.54 Å². The molecule has 4 nitrogen and oxygen atoms in total. The molecule has 0 saturated carbocycles. The standard InChI is InChI=1S/C14H20N2O2/c1-3-15(4-2)14(17)16-9-10-18-13-8-6-5-7-12(13)11-16/h5-8H,3-4,9-11H2,1-2H3. The molecule has 1 aliphatic rings. The number of ether oxygens (including phenoxy) is 1. The van der Waals surface area contributed by atoms with E-state index < -0.39 is 0 Å². The summed E-state index contributed by atoms with van der Waals surface area (Å²) in [6, 6.07) is 8.01. The second-order valence-electron chi connectivity index (χ2n) is 4.33. The highest BCUT2D eigenvalue weighted by molar-refractivity contribution is 5.74. The van der Waals surface area contributed by atoms with Crippen molar-refractivity contribution in [3.05, 3.63) is 29.8 Å². The molecule has 0 unspecified atom stereocenters. The number of carbonyl (C=O) groups is 1. The van der Waals surface area contributed by atoms with Crippen LogP contribution >= 0.6 is 0 Å². The fourth-order valence-electron chi connectivity index (χ4n) is 2.18. The average Bonchev–Trinajstić information content (AvgIpc) is 2.62. The molecule has 0 bridgehead atoms. The molecule has 0 radical (unpaired) electrons. The van der Waals surface area contributed by atoms with Gasteiger partial charge in [-0.2, -0.15) is 0 Å². The number of fused-ring (bicyclic) bond motifs is 1. The number of rotatable bonds is 2. The van der Waals surface area contributed by atoms with Crippen molar-refractivity contribution >= 4 is 6.03 Å². The van der Waals surface area contributed by atoms with Crippen molar-refractivity contribution in [2.45, 2.75) is 20.4 Å². The molecule has 1 aromatic rings. The summed E-state index contributed by atoms with van der Waals surface area (Å²) >= 11 is 0. The lowest BCUT2D eigenvalue weighted by Gasteiger charge is -2.27. The Bertz CT molecular complexity index is 416. The molecule has 98 valence electrons. The Morgan fingerprint density at radius 2 is 2.06 bits per heavy atom. The third kappa shape index (κ3) is 2.58. The van der Waals surface area contributed by atoms with E-state index in [-0.39, 0.29) is 6.03 Å². The van der Waals surface area contributed by atoms with Crippen molar-refractivity contribution in [1.82, 2.24) is 9.80 Å². The second kappa shape index (κ2) is 5.76. The molecule has 1 aliphatic heterocycles. The maximum atomic E-state index is 12.3. The summed E-state index contributed by atoms with van der Waals surface area (Å²) in [4.78, 5) is 16.0. The molecular weight excluding hydrogens is 228 g/mol. The summed E-state index contributed by atoms with van der Waals surface area (Å²) in [7, 11) is 0. The molecule has 0 N–H and O–H groups in total. The molecule has 0 fully saturated rings. The van der Waals surface area contributed by atoms with Gasteiger partial charge in [0.15, 0.2) is 0 Å². The summed E-state index contributed by atoms with van der Waals surface area (Å²) in [5.41, 5.74) is 1.08. The highest BCUT2D eigenvalue weighted by atomic mass is 16.5. The van der Waals surface area contributed by atoms with Gasteiger partial charge in [-0.3, -0.25) is 0 Å². The maximum absolute atomic E-state index is 12.3. The lowest BCUT2D eigenvalue weighted by Crippen LogP contribution is -2.43. The van der Waals surface area contributed by atoms with Gasteiger partial charge in [-0.05, 0) is 19.9 Å². The Balaban J connectivity index is 2.14. The predicted molar refractivity (Wildman–Crippen MR) is 70.7 cm³/mol. The summed E-state index contributed by atoms with van der Waals surface area (Å²) in [5, 5.41) is 0. The van der Waals surface area contributed by atoms with Gasteiger partial charge in [-0.15, -0.1) is 0 Å². The van der Waals surface area contributed by atoms with Crippen LogP contribution in [0.25, 0.3) is 0 Å². The number of hydrogen-bond donors (Lipinski definition) is 0. The van der Waals surface area contributed by atoms with E-state index in [1.54, 1.807) is 0 Å². The molecule has 18 heavy (non-hydrogen) atoms. The number of carbonyl (C=O) groups excluding carboxylic acids is 1. The largest absolute Gasteiger partial charge is 0.491 e. The molecular formula is C14H20N2O2. The van der Waals surface area contributed by atoms with Gasteiger partial charge in [0.1, 0.15) is 12.4 Å². The normalized spacial score (nSPS) is 14.4. The minimum atomic E-state index is 0.0975. The van der Waals surface area contributed by atoms with Gasteiger partial charge >= 0.3 is 6.03 Å². The van der Waals surface area contributed by atoms with Crippen LogP contribution < -0.4 is 4.74 Å². The number of amides is 2. The summed E-state index contributed by atoms with van der Waals surface area (Å²) in [6.45, 7) is 7.33. The minimum absolute atomic E-state index is 0.0975. The van der Waals surface area contributed by atoms with E-state index in [1.807, 2.05) is 47.9 Å². The average molecular weight is 248 g/mol. The molecule has 1 aromatic carbocycles. The smallest absolute Gasteiger partial charge is 0.320 e. The molecule has 0 aromatic heterocycles. The lowest BCUT2D eigenvalue weighted by molar-refractivity contribution is 0.150. The van der Waals surface area contributed by atoms with Crippen LogP contribution in [0.4, 0.5) is 4.79 Å². The van der Waals surface area contributed by atoms with Gasteiger partial charge < -0.3 is 14.5 Å². The fraction of sp³-hybridized carbons (Fsp3) is 0.500. The number of benzene rings is 1. The van der Waals surface area contributed by atoms with Crippen LogP contribution in [0.15, 0.2) is 24.3 Å². The zero-order chi connectivity index (χ0) is 13.0. The Morgan fingerprint density at radius 3 is 2.78 bits per heavy atom. The summed E-state index contributed by atoms with van der Waals surface area (Å²) in [6.07, 6.45) is 0. The van der Waals surface area contributed by atoms with Gasteiger partial charge in [0.2, 0.25) is 0 Å². The topological polar surface area (TPSA) is 32.8 Å². The van der Waals surface area contributed by atoms with Crippen LogP contribution in [-0.4, -0.2) is 42.1 Å². The van der Waals surface area contributed by atoms with E-state index in [0.717, 1.165) is 24.4 Å². The molecule has 0 saturated heterocycles. The molecule has 2 rings (SSSR count). The van der Waals surface area contributed by atoms with Gasteiger partial charge in [-0.25, -0.2) is 4.79 Å². The van der Waals surface area contributed by atoms with E-state index in [2.05, 4.69) is 0 Å². The van der Waals surface area contributed by atoms with Crippen molar-refractivity contribution in [2.75, 3.05) is 26.2 Å². The number of para-hydroxylation sites is 1. The maximum Gasteiger partial charge on any atom is 0.320 e. The zero-order valence-corrected chi connectivity index (χ0v) is 11.1. The molecule has 1 heterocycles. The molecule has 0 spiro atoms. The molecule has 2 amide bonds. The predicted octanol–water partition coefficient (Wildman–Crippen LogP) is 2.34. The first kappa shape index (κ1) is 12.7. The van der Waals surface area contributed by atoms with Crippen molar-refractivity contribution in [2.24, 2.45) is 0 Å². The van der Waals surface area contributed by atoms with E-state index in [4.69, 9.17) is 4.74 Å². The Labute approximate surface area is 108 Å². The van der Waals surface area contributed by atoms with Gasteiger partial charge in [0, 0.05) is 18.7 Å². The number of hydrogen-bond acceptors (Lipinski definition) is 2. The van der Waals surface area contributed by atoms with Crippen LogP contribution in [0.2, 0.25) is 0 Å². The molecule has 4 heteroatoms. The van der Waals surface area contributed by atoms with E-state index in [9.17, 15) is 4.79 Å². The van der Waals surface area contributed by atoms with Crippen molar-refractivity contribution in [3.8, 4) is 5.75 Å². The lowest BCUT2D eigenvalue weighted by atomic mass is 10.2. The quantitative estimate of drug-likeness (QED) is 0.804. The molecule has 0 atom stereocenters. The van der Waals surface area contributed by atoms with E-state index >= 15 is 0 Å². The SMILES string of the molecule is CCN(CC)C(=O)N1CCOc2ccccc2C1. The third-order valence-electron chi connectivity index (χ3n) is 3.26. The minimum Gasteiger partial charge on any atom is -0.491 e. The fourth-order valence-corrected chi connectivity index (χ4v) is 2.18. The first-order valence-corrected chi connectivity index (χ1v) is 6.50.